The molecule has 2 rings (SSSR count). The number of rotatable bonds is 10. The van der Waals surface area contributed by atoms with Crippen molar-refractivity contribution in [1.29, 1.82) is 0 Å². The fourth-order valence-electron chi connectivity index (χ4n) is 2.09. The van der Waals surface area contributed by atoms with E-state index in [4.69, 9.17) is 23.7 Å². The van der Waals surface area contributed by atoms with Gasteiger partial charge in [0.1, 0.15) is 23.0 Å². The summed E-state index contributed by atoms with van der Waals surface area (Å²) in [5.41, 5.74) is 0. The topological polar surface area (TPSA) is 46.2 Å². The van der Waals surface area contributed by atoms with Crippen molar-refractivity contribution in [2.75, 3.05) is 20.3 Å². The van der Waals surface area contributed by atoms with E-state index in [1.165, 1.54) is 0 Å². The van der Waals surface area contributed by atoms with Crippen LogP contribution in [0, 0.1) is 0 Å². The van der Waals surface area contributed by atoms with E-state index in [0.717, 1.165) is 23.0 Å². The standard InChI is InChI=1S/C20H26O5/c1-15(2)22-13-14-23-16(3)24-18-9-11-20(12-10-18)25-19-7-5-17(21-4)6-8-19/h5-12,15-16H,13-14H2,1-4H3. The molecule has 0 spiro atoms. The minimum absolute atomic E-state index is 0.207. The second kappa shape index (κ2) is 9.91. The molecule has 2 aromatic carbocycles. The maximum atomic E-state index is 5.78. The summed E-state index contributed by atoms with van der Waals surface area (Å²) in [6.45, 7) is 6.90. The van der Waals surface area contributed by atoms with Gasteiger partial charge >= 0.3 is 0 Å². The van der Waals surface area contributed by atoms with Crippen LogP contribution in [0.1, 0.15) is 20.8 Å². The van der Waals surface area contributed by atoms with Crippen LogP contribution in [0.15, 0.2) is 48.5 Å². The Bertz CT molecular complexity index is 607. The van der Waals surface area contributed by atoms with Crippen molar-refractivity contribution in [3.8, 4) is 23.0 Å². The maximum absolute atomic E-state index is 5.78. The number of hydrogen-bond donors (Lipinski definition) is 0. The highest BCUT2D eigenvalue weighted by atomic mass is 16.7. The van der Waals surface area contributed by atoms with E-state index >= 15 is 0 Å². The van der Waals surface area contributed by atoms with E-state index in [2.05, 4.69) is 0 Å². The van der Waals surface area contributed by atoms with Crippen LogP contribution in [-0.2, 0) is 9.47 Å². The van der Waals surface area contributed by atoms with Crippen molar-refractivity contribution in [3.05, 3.63) is 48.5 Å². The Morgan fingerprint density at radius 1 is 0.680 bits per heavy atom. The van der Waals surface area contributed by atoms with Crippen LogP contribution >= 0.6 is 0 Å². The lowest BCUT2D eigenvalue weighted by atomic mass is 10.3. The summed E-state index contributed by atoms with van der Waals surface area (Å²) in [6.07, 6.45) is -0.137. The Hall–Kier alpha value is -2.24. The van der Waals surface area contributed by atoms with Crippen LogP contribution in [0.4, 0.5) is 0 Å². The van der Waals surface area contributed by atoms with E-state index in [1.807, 2.05) is 69.3 Å². The summed E-state index contributed by atoms with van der Waals surface area (Å²) in [6, 6.07) is 14.8. The van der Waals surface area contributed by atoms with Crippen molar-refractivity contribution in [2.24, 2.45) is 0 Å². The second-order valence-electron chi connectivity index (χ2n) is 5.72. The van der Waals surface area contributed by atoms with Gasteiger partial charge in [-0.15, -0.1) is 0 Å². The molecule has 0 saturated heterocycles. The first-order valence-corrected chi connectivity index (χ1v) is 8.38. The SMILES string of the molecule is COc1ccc(Oc2ccc(OC(C)OCCOC(C)C)cc2)cc1. The molecule has 0 radical (unpaired) electrons. The van der Waals surface area contributed by atoms with Gasteiger partial charge in [0.25, 0.3) is 0 Å². The van der Waals surface area contributed by atoms with Gasteiger partial charge in [0, 0.05) is 0 Å². The number of benzene rings is 2. The first-order valence-electron chi connectivity index (χ1n) is 8.38. The molecule has 0 aliphatic carbocycles. The molecule has 1 unspecified atom stereocenters. The predicted octanol–water partition coefficient (Wildman–Crippen LogP) is 4.65. The van der Waals surface area contributed by atoms with Gasteiger partial charge in [0.05, 0.1) is 26.4 Å². The van der Waals surface area contributed by atoms with Crippen LogP contribution in [-0.4, -0.2) is 32.7 Å². The van der Waals surface area contributed by atoms with Gasteiger partial charge in [-0.1, -0.05) is 0 Å². The average Bonchev–Trinajstić information content (AvgIpc) is 2.61. The van der Waals surface area contributed by atoms with Crippen LogP contribution in [0.3, 0.4) is 0 Å². The fourth-order valence-corrected chi connectivity index (χ4v) is 2.09. The molecule has 0 aliphatic heterocycles. The quantitative estimate of drug-likeness (QED) is 0.463. The Balaban J connectivity index is 1.78. The van der Waals surface area contributed by atoms with E-state index in [-0.39, 0.29) is 12.4 Å². The summed E-state index contributed by atoms with van der Waals surface area (Å²) >= 11 is 0. The third-order valence-corrected chi connectivity index (χ3v) is 3.31. The smallest absolute Gasteiger partial charge is 0.197 e. The zero-order chi connectivity index (χ0) is 18.1. The van der Waals surface area contributed by atoms with Crippen LogP contribution in [0.5, 0.6) is 23.0 Å². The van der Waals surface area contributed by atoms with E-state index in [1.54, 1.807) is 7.11 Å². The summed E-state index contributed by atoms with van der Waals surface area (Å²) < 4.78 is 27.6. The Kier molecular flexibility index (Phi) is 7.57. The zero-order valence-electron chi connectivity index (χ0n) is 15.2. The summed E-state index contributed by atoms with van der Waals surface area (Å²) in [4.78, 5) is 0. The van der Waals surface area contributed by atoms with Crippen LogP contribution in [0.2, 0.25) is 0 Å². The van der Waals surface area contributed by atoms with Gasteiger partial charge in [-0.3, -0.25) is 0 Å². The van der Waals surface area contributed by atoms with Crippen molar-refractivity contribution in [3.63, 3.8) is 0 Å². The van der Waals surface area contributed by atoms with Crippen molar-refractivity contribution in [2.45, 2.75) is 33.2 Å². The molecule has 0 heterocycles. The molecular weight excluding hydrogens is 320 g/mol. The van der Waals surface area contributed by atoms with Gasteiger partial charge in [0.2, 0.25) is 0 Å². The number of methoxy groups -OCH3 is 1. The minimum atomic E-state index is -0.343. The molecule has 2 aromatic rings. The highest BCUT2D eigenvalue weighted by molar-refractivity contribution is 5.37. The highest BCUT2D eigenvalue weighted by Crippen LogP contribution is 2.25. The minimum Gasteiger partial charge on any atom is -0.497 e. The second-order valence-corrected chi connectivity index (χ2v) is 5.72. The molecule has 136 valence electrons. The first kappa shape index (κ1) is 19.1. The lowest BCUT2D eigenvalue weighted by Crippen LogP contribution is -2.20. The monoisotopic (exact) mass is 346 g/mol. The molecule has 25 heavy (non-hydrogen) atoms. The maximum Gasteiger partial charge on any atom is 0.197 e. The largest absolute Gasteiger partial charge is 0.497 e. The molecule has 0 fully saturated rings. The molecule has 5 heteroatoms. The van der Waals surface area contributed by atoms with Gasteiger partial charge in [-0.05, 0) is 69.3 Å². The van der Waals surface area contributed by atoms with E-state index in [9.17, 15) is 0 Å². The molecule has 0 aromatic heterocycles. The molecule has 1 atom stereocenters. The molecular formula is C20H26O5. The van der Waals surface area contributed by atoms with Crippen LogP contribution in [0.25, 0.3) is 0 Å². The summed E-state index contributed by atoms with van der Waals surface area (Å²) in [5, 5.41) is 0. The lowest BCUT2D eigenvalue weighted by Gasteiger charge is -2.16. The molecule has 0 N–H and O–H groups in total. The predicted molar refractivity (Wildman–Crippen MR) is 96.6 cm³/mol. The van der Waals surface area contributed by atoms with Crippen molar-refractivity contribution in [1.82, 2.24) is 0 Å². The van der Waals surface area contributed by atoms with Gasteiger partial charge in [-0.25, -0.2) is 0 Å². The highest BCUT2D eigenvalue weighted by Gasteiger charge is 2.05. The van der Waals surface area contributed by atoms with E-state index in [0.29, 0.717) is 13.2 Å². The Morgan fingerprint density at radius 2 is 1.16 bits per heavy atom. The third-order valence-electron chi connectivity index (χ3n) is 3.31. The van der Waals surface area contributed by atoms with Gasteiger partial charge in [0.15, 0.2) is 6.29 Å². The molecule has 5 nitrogen and oxygen atoms in total. The zero-order valence-corrected chi connectivity index (χ0v) is 15.2. The van der Waals surface area contributed by atoms with Crippen molar-refractivity contribution >= 4 is 0 Å². The molecule has 0 aliphatic rings. The van der Waals surface area contributed by atoms with E-state index < -0.39 is 0 Å². The van der Waals surface area contributed by atoms with Gasteiger partial charge < -0.3 is 23.7 Å². The third kappa shape index (κ3) is 7.03. The van der Waals surface area contributed by atoms with Crippen LogP contribution < -0.4 is 14.2 Å². The Labute approximate surface area is 149 Å². The normalized spacial score (nSPS) is 12.0. The first-order chi connectivity index (χ1) is 12.1. The Morgan fingerprint density at radius 3 is 1.68 bits per heavy atom. The number of ether oxygens (including phenoxy) is 5. The fraction of sp³-hybridized carbons (Fsp3) is 0.400. The number of hydrogen-bond acceptors (Lipinski definition) is 5. The average molecular weight is 346 g/mol. The summed E-state index contributed by atoms with van der Waals surface area (Å²) in [7, 11) is 1.64. The molecule has 0 saturated carbocycles. The van der Waals surface area contributed by atoms with Gasteiger partial charge in [-0.2, -0.15) is 0 Å². The summed E-state index contributed by atoms with van der Waals surface area (Å²) in [5.74, 6) is 3.00. The molecule has 0 bridgehead atoms. The lowest BCUT2D eigenvalue weighted by molar-refractivity contribution is -0.0885. The molecule has 0 amide bonds. The van der Waals surface area contributed by atoms with Crippen molar-refractivity contribution < 1.29 is 23.7 Å².